The molecule has 0 saturated carbocycles. The van der Waals surface area contributed by atoms with Gasteiger partial charge in [-0.2, -0.15) is 0 Å². The average Bonchev–Trinajstić information content (AvgIpc) is 2.72. The van der Waals surface area contributed by atoms with Crippen molar-refractivity contribution in [3.05, 3.63) is 11.2 Å². The SMILES string of the molecule is CC(=O)N1CCN(c2cc(Cl)nc(SCC(=O)NCCN3CCOCC3)n2)CC1C. The van der Waals surface area contributed by atoms with Gasteiger partial charge in [-0.15, -0.1) is 0 Å². The van der Waals surface area contributed by atoms with Crippen LogP contribution < -0.4 is 10.2 Å². The van der Waals surface area contributed by atoms with Gasteiger partial charge in [0, 0.05) is 64.8 Å². The Hall–Kier alpha value is -1.62. The van der Waals surface area contributed by atoms with Gasteiger partial charge in [0.1, 0.15) is 11.0 Å². The number of nitrogens with one attached hydrogen (secondary N) is 1. The highest BCUT2D eigenvalue weighted by atomic mass is 35.5. The third kappa shape index (κ3) is 6.69. The van der Waals surface area contributed by atoms with Crippen molar-refractivity contribution in [3.8, 4) is 0 Å². The molecule has 0 radical (unpaired) electrons. The molecule has 0 aromatic carbocycles. The molecule has 1 N–H and O–H groups in total. The van der Waals surface area contributed by atoms with Gasteiger partial charge < -0.3 is 19.9 Å². The molecule has 2 saturated heterocycles. The molecule has 1 aromatic rings. The highest BCUT2D eigenvalue weighted by molar-refractivity contribution is 7.99. The number of piperazine rings is 1. The van der Waals surface area contributed by atoms with Crippen molar-refractivity contribution >= 4 is 41.0 Å². The van der Waals surface area contributed by atoms with E-state index in [0.717, 1.165) is 38.7 Å². The summed E-state index contributed by atoms with van der Waals surface area (Å²) in [5, 5.41) is 3.75. The largest absolute Gasteiger partial charge is 0.379 e. The maximum atomic E-state index is 12.2. The van der Waals surface area contributed by atoms with E-state index in [9.17, 15) is 9.59 Å². The number of hydrogen-bond donors (Lipinski definition) is 1. The lowest BCUT2D eigenvalue weighted by atomic mass is 10.2. The van der Waals surface area contributed by atoms with Crippen molar-refractivity contribution in [2.75, 3.05) is 69.7 Å². The molecule has 3 rings (SSSR count). The lowest BCUT2D eigenvalue weighted by Gasteiger charge is -2.40. The molecule has 1 atom stereocenters. The first-order chi connectivity index (χ1) is 14.4. The van der Waals surface area contributed by atoms with Crippen LogP contribution in [-0.4, -0.2) is 102 Å². The van der Waals surface area contributed by atoms with E-state index in [0.29, 0.717) is 36.5 Å². The molecule has 2 aliphatic heterocycles. The van der Waals surface area contributed by atoms with Crippen molar-refractivity contribution in [1.29, 1.82) is 0 Å². The number of amides is 2. The van der Waals surface area contributed by atoms with Crippen LogP contribution in [-0.2, 0) is 14.3 Å². The first-order valence-electron chi connectivity index (χ1n) is 10.2. The molecule has 11 heteroatoms. The van der Waals surface area contributed by atoms with Gasteiger partial charge in [0.05, 0.1) is 19.0 Å². The highest BCUT2D eigenvalue weighted by Crippen LogP contribution is 2.24. The van der Waals surface area contributed by atoms with Crippen LogP contribution in [0.5, 0.6) is 0 Å². The summed E-state index contributed by atoms with van der Waals surface area (Å²) in [6, 6.07) is 1.82. The van der Waals surface area contributed by atoms with Crippen LogP contribution in [0, 0.1) is 0 Å². The summed E-state index contributed by atoms with van der Waals surface area (Å²) in [4.78, 5) is 38.9. The molecule has 2 aliphatic rings. The molecule has 9 nitrogen and oxygen atoms in total. The molecular formula is C19H29ClN6O3S. The van der Waals surface area contributed by atoms with E-state index < -0.39 is 0 Å². The van der Waals surface area contributed by atoms with E-state index >= 15 is 0 Å². The summed E-state index contributed by atoms with van der Waals surface area (Å²) in [6.07, 6.45) is 0. The Bertz CT molecular complexity index is 749. The minimum Gasteiger partial charge on any atom is -0.379 e. The zero-order valence-electron chi connectivity index (χ0n) is 17.5. The number of morpholine rings is 1. The zero-order chi connectivity index (χ0) is 21.5. The fourth-order valence-electron chi connectivity index (χ4n) is 3.60. The van der Waals surface area contributed by atoms with Crippen LogP contribution in [0.2, 0.25) is 5.15 Å². The average molecular weight is 457 g/mol. The van der Waals surface area contributed by atoms with Crippen molar-refractivity contribution in [2.45, 2.75) is 25.0 Å². The molecule has 1 aromatic heterocycles. The maximum absolute atomic E-state index is 12.2. The fraction of sp³-hybridized carbons (Fsp3) is 0.684. The molecular weight excluding hydrogens is 428 g/mol. The molecule has 3 heterocycles. The van der Waals surface area contributed by atoms with E-state index in [-0.39, 0.29) is 23.6 Å². The summed E-state index contributed by atoms with van der Waals surface area (Å²) >= 11 is 7.47. The van der Waals surface area contributed by atoms with Crippen LogP contribution >= 0.6 is 23.4 Å². The fourth-order valence-corrected chi connectivity index (χ4v) is 4.52. The number of nitrogens with zero attached hydrogens (tertiary/aromatic N) is 5. The quantitative estimate of drug-likeness (QED) is 0.365. The number of carbonyl (C=O) groups is 2. The van der Waals surface area contributed by atoms with Gasteiger partial charge in [-0.1, -0.05) is 23.4 Å². The molecule has 30 heavy (non-hydrogen) atoms. The summed E-state index contributed by atoms with van der Waals surface area (Å²) in [6.45, 7) is 10.4. The lowest BCUT2D eigenvalue weighted by molar-refractivity contribution is -0.131. The Morgan fingerprint density at radius 2 is 2.03 bits per heavy atom. The Balaban J connectivity index is 1.48. The van der Waals surface area contributed by atoms with E-state index in [1.54, 1.807) is 13.0 Å². The molecule has 166 valence electrons. The first kappa shape index (κ1) is 23.1. The van der Waals surface area contributed by atoms with E-state index in [1.165, 1.54) is 11.8 Å². The number of ether oxygens (including phenoxy) is 1. The summed E-state index contributed by atoms with van der Waals surface area (Å²) in [7, 11) is 0. The van der Waals surface area contributed by atoms with Gasteiger partial charge in [-0.3, -0.25) is 14.5 Å². The minimum atomic E-state index is -0.0536. The third-order valence-electron chi connectivity index (χ3n) is 5.20. The smallest absolute Gasteiger partial charge is 0.230 e. The normalized spacial score (nSPS) is 20.3. The minimum absolute atomic E-state index is 0.0536. The second kappa shape index (κ2) is 11.1. The summed E-state index contributed by atoms with van der Waals surface area (Å²) in [5.74, 6) is 0.985. The second-order valence-corrected chi connectivity index (χ2v) is 8.76. The zero-order valence-corrected chi connectivity index (χ0v) is 19.0. The van der Waals surface area contributed by atoms with Gasteiger partial charge in [-0.05, 0) is 6.92 Å². The molecule has 0 spiro atoms. The maximum Gasteiger partial charge on any atom is 0.230 e. The summed E-state index contributed by atoms with van der Waals surface area (Å²) in [5.41, 5.74) is 0. The van der Waals surface area contributed by atoms with E-state index in [1.807, 2.05) is 11.8 Å². The number of hydrogen-bond acceptors (Lipinski definition) is 8. The number of thioether (sulfide) groups is 1. The van der Waals surface area contributed by atoms with E-state index in [2.05, 4.69) is 25.1 Å². The van der Waals surface area contributed by atoms with Gasteiger partial charge in [0.15, 0.2) is 5.16 Å². The van der Waals surface area contributed by atoms with E-state index in [4.69, 9.17) is 16.3 Å². The van der Waals surface area contributed by atoms with Crippen LogP contribution in [0.1, 0.15) is 13.8 Å². The monoisotopic (exact) mass is 456 g/mol. The van der Waals surface area contributed by atoms with Crippen molar-refractivity contribution in [3.63, 3.8) is 0 Å². The number of anilines is 1. The van der Waals surface area contributed by atoms with Crippen molar-refractivity contribution < 1.29 is 14.3 Å². The molecule has 0 aliphatic carbocycles. The van der Waals surface area contributed by atoms with Gasteiger partial charge in [0.25, 0.3) is 0 Å². The van der Waals surface area contributed by atoms with Crippen LogP contribution in [0.4, 0.5) is 5.82 Å². The van der Waals surface area contributed by atoms with Crippen molar-refractivity contribution in [2.24, 2.45) is 0 Å². The van der Waals surface area contributed by atoms with Gasteiger partial charge in [-0.25, -0.2) is 9.97 Å². The highest BCUT2D eigenvalue weighted by Gasteiger charge is 2.26. The molecule has 0 bridgehead atoms. The van der Waals surface area contributed by atoms with Gasteiger partial charge in [0.2, 0.25) is 11.8 Å². The first-order valence-corrected chi connectivity index (χ1v) is 11.5. The lowest BCUT2D eigenvalue weighted by Crippen LogP contribution is -2.53. The third-order valence-corrected chi connectivity index (χ3v) is 6.24. The second-order valence-electron chi connectivity index (χ2n) is 7.43. The summed E-state index contributed by atoms with van der Waals surface area (Å²) < 4.78 is 5.32. The topological polar surface area (TPSA) is 90.9 Å². The van der Waals surface area contributed by atoms with Gasteiger partial charge >= 0.3 is 0 Å². The van der Waals surface area contributed by atoms with Crippen LogP contribution in [0.25, 0.3) is 0 Å². The Morgan fingerprint density at radius 3 is 2.73 bits per heavy atom. The number of halogens is 1. The predicted octanol–water partition coefficient (Wildman–Crippen LogP) is 0.728. The Labute approximate surface area is 186 Å². The van der Waals surface area contributed by atoms with Crippen molar-refractivity contribution in [1.82, 2.24) is 25.1 Å². The number of aromatic nitrogens is 2. The van der Waals surface area contributed by atoms with Crippen LogP contribution in [0.15, 0.2) is 11.2 Å². The Kier molecular flexibility index (Phi) is 8.55. The Morgan fingerprint density at radius 1 is 1.27 bits per heavy atom. The number of carbonyl (C=O) groups excluding carboxylic acids is 2. The molecule has 2 fully saturated rings. The molecule has 1 unspecified atom stereocenters. The number of rotatable bonds is 7. The standard InChI is InChI=1S/C19H29ClN6O3S/c1-14-12-25(5-6-26(14)15(2)27)17-11-16(20)22-19(23-17)30-13-18(28)21-3-4-24-7-9-29-10-8-24/h11,14H,3-10,12-13H2,1-2H3,(H,21,28). The predicted molar refractivity (Wildman–Crippen MR) is 117 cm³/mol. The molecule has 2 amide bonds. The van der Waals surface area contributed by atoms with Crippen LogP contribution in [0.3, 0.4) is 0 Å².